The topological polar surface area (TPSA) is 85.6 Å². The number of hydrogen-bond acceptors (Lipinski definition) is 7. The van der Waals surface area contributed by atoms with E-state index in [9.17, 15) is 4.79 Å². The van der Waals surface area contributed by atoms with Crippen LogP contribution in [0, 0.1) is 0 Å². The average molecular weight is 397 g/mol. The Hall–Kier alpha value is -2.78. The molecular formula is C18H16N6OS2. The molecule has 0 aliphatic carbocycles. The van der Waals surface area contributed by atoms with Gasteiger partial charge in [0.15, 0.2) is 10.2 Å². The summed E-state index contributed by atoms with van der Waals surface area (Å²) in [5.41, 5.74) is 1.86. The molecule has 1 amide bonds. The van der Waals surface area contributed by atoms with Crippen LogP contribution < -0.4 is 5.32 Å². The Balaban J connectivity index is 1.50. The van der Waals surface area contributed by atoms with Crippen LogP contribution >= 0.6 is 23.1 Å². The molecule has 0 fully saturated rings. The van der Waals surface area contributed by atoms with E-state index in [4.69, 9.17) is 0 Å². The molecule has 9 heteroatoms. The minimum Gasteiger partial charge on any atom is -0.312 e. The Kier molecular flexibility index (Phi) is 4.87. The highest BCUT2D eigenvalue weighted by Gasteiger charge is 2.15. The Bertz CT molecular complexity index is 1070. The van der Waals surface area contributed by atoms with Crippen molar-refractivity contribution < 1.29 is 4.79 Å². The molecule has 27 heavy (non-hydrogen) atoms. The van der Waals surface area contributed by atoms with E-state index in [-0.39, 0.29) is 11.2 Å². The second-order valence-corrected chi connectivity index (χ2v) is 8.24. The Morgan fingerprint density at radius 2 is 2.15 bits per heavy atom. The van der Waals surface area contributed by atoms with Gasteiger partial charge in [-0.25, -0.2) is 9.97 Å². The molecule has 0 saturated carbocycles. The largest absolute Gasteiger partial charge is 0.312 e. The van der Waals surface area contributed by atoms with Crippen molar-refractivity contribution >= 4 is 45.0 Å². The maximum absolute atomic E-state index is 12.5. The van der Waals surface area contributed by atoms with Crippen LogP contribution in [0.4, 0.5) is 5.82 Å². The third-order valence-electron chi connectivity index (χ3n) is 3.94. The first-order valence-corrected chi connectivity index (χ1v) is 9.93. The highest BCUT2D eigenvalue weighted by molar-refractivity contribution is 7.99. The summed E-state index contributed by atoms with van der Waals surface area (Å²) < 4.78 is 2.86. The van der Waals surface area contributed by atoms with Gasteiger partial charge in [0.25, 0.3) is 5.91 Å². The predicted molar refractivity (Wildman–Crippen MR) is 107 cm³/mol. The number of aryl methyl sites for hydroxylation is 1. The molecule has 1 N–H and O–H groups in total. The second-order valence-electron chi connectivity index (χ2n) is 5.90. The SMILES string of the molecule is C[C@H](Sc1nncn1C)c1ccnc(NC(=O)c2nc3ccccc3s2)c1. The van der Waals surface area contributed by atoms with Gasteiger partial charge in [-0.15, -0.1) is 21.5 Å². The van der Waals surface area contributed by atoms with Crippen LogP contribution in [-0.4, -0.2) is 30.6 Å². The fraction of sp³-hybridized carbons (Fsp3) is 0.167. The van der Waals surface area contributed by atoms with E-state index in [1.165, 1.54) is 11.3 Å². The fourth-order valence-electron chi connectivity index (χ4n) is 2.51. The summed E-state index contributed by atoms with van der Waals surface area (Å²) in [7, 11) is 1.91. The zero-order chi connectivity index (χ0) is 18.8. The van der Waals surface area contributed by atoms with Gasteiger partial charge in [0.2, 0.25) is 0 Å². The summed E-state index contributed by atoms with van der Waals surface area (Å²) in [4.78, 5) is 21.2. The number of benzene rings is 1. The molecule has 0 unspecified atom stereocenters. The molecule has 0 aliphatic rings. The summed E-state index contributed by atoms with van der Waals surface area (Å²) in [5.74, 6) is 0.247. The molecule has 136 valence electrons. The number of hydrogen-bond donors (Lipinski definition) is 1. The molecule has 4 aromatic rings. The molecule has 0 saturated heterocycles. The average Bonchev–Trinajstić information content (AvgIpc) is 3.28. The van der Waals surface area contributed by atoms with Crippen LogP contribution in [0.3, 0.4) is 0 Å². The van der Waals surface area contributed by atoms with Crippen molar-refractivity contribution in [2.24, 2.45) is 7.05 Å². The number of aromatic nitrogens is 5. The third-order valence-corrected chi connectivity index (χ3v) is 6.18. The maximum Gasteiger partial charge on any atom is 0.285 e. The molecule has 0 spiro atoms. The van der Waals surface area contributed by atoms with E-state index in [1.54, 1.807) is 24.3 Å². The number of para-hydroxylation sites is 1. The van der Waals surface area contributed by atoms with Gasteiger partial charge >= 0.3 is 0 Å². The highest BCUT2D eigenvalue weighted by Crippen LogP contribution is 2.33. The van der Waals surface area contributed by atoms with Gasteiger partial charge in [0.1, 0.15) is 12.1 Å². The highest BCUT2D eigenvalue weighted by atomic mass is 32.2. The zero-order valence-corrected chi connectivity index (χ0v) is 16.3. The molecule has 7 nitrogen and oxygen atoms in total. The summed E-state index contributed by atoms with van der Waals surface area (Å²) >= 11 is 2.96. The number of carbonyl (C=O) groups is 1. The van der Waals surface area contributed by atoms with Crippen molar-refractivity contribution in [3.05, 3.63) is 59.5 Å². The molecule has 3 aromatic heterocycles. The Labute approximate surface area is 163 Å². The minimum absolute atomic E-state index is 0.133. The summed E-state index contributed by atoms with van der Waals surface area (Å²) in [6.07, 6.45) is 3.36. The first-order chi connectivity index (χ1) is 13.1. The zero-order valence-electron chi connectivity index (χ0n) is 14.7. The smallest absolute Gasteiger partial charge is 0.285 e. The van der Waals surface area contributed by atoms with E-state index in [0.29, 0.717) is 10.8 Å². The Morgan fingerprint density at radius 3 is 2.93 bits per heavy atom. The number of nitrogens with zero attached hydrogens (tertiary/aromatic N) is 5. The van der Waals surface area contributed by atoms with E-state index in [0.717, 1.165) is 20.9 Å². The number of thioether (sulfide) groups is 1. The van der Waals surface area contributed by atoms with Crippen LogP contribution in [0.15, 0.2) is 54.1 Å². The number of rotatable bonds is 5. The van der Waals surface area contributed by atoms with Crippen LogP contribution in [-0.2, 0) is 7.05 Å². The van der Waals surface area contributed by atoms with Crippen LogP contribution in [0.2, 0.25) is 0 Å². The van der Waals surface area contributed by atoms with Crippen molar-refractivity contribution in [2.75, 3.05) is 5.32 Å². The van der Waals surface area contributed by atoms with Crippen LogP contribution in [0.1, 0.15) is 27.5 Å². The first kappa shape index (κ1) is 17.6. The molecular weight excluding hydrogens is 380 g/mol. The van der Waals surface area contributed by atoms with Crippen molar-refractivity contribution in [3.8, 4) is 0 Å². The van der Waals surface area contributed by atoms with Gasteiger partial charge in [0.05, 0.1) is 10.2 Å². The molecule has 0 aliphatic heterocycles. The summed E-state index contributed by atoms with van der Waals surface area (Å²) in [5, 5.41) is 12.2. The molecule has 4 rings (SSSR count). The van der Waals surface area contributed by atoms with Crippen LogP contribution in [0.25, 0.3) is 10.2 Å². The van der Waals surface area contributed by atoms with Gasteiger partial charge in [-0.3, -0.25) is 4.79 Å². The van der Waals surface area contributed by atoms with E-state index in [2.05, 4.69) is 32.4 Å². The quantitative estimate of drug-likeness (QED) is 0.515. The lowest BCUT2D eigenvalue weighted by Gasteiger charge is -2.12. The minimum atomic E-state index is -0.255. The van der Waals surface area contributed by atoms with Crippen molar-refractivity contribution in [1.29, 1.82) is 0 Å². The molecule has 0 radical (unpaired) electrons. The van der Waals surface area contributed by atoms with Crippen molar-refractivity contribution in [1.82, 2.24) is 24.7 Å². The normalized spacial score (nSPS) is 12.2. The van der Waals surface area contributed by atoms with Gasteiger partial charge in [-0.05, 0) is 36.8 Å². The predicted octanol–water partition coefficient (Wildman–Crippen LogP) is 3.93. The first-order valence-electron chi connectivity index (χ1n) is 8.23. The van der Waals surface area contributed by atoms with E-state index in [1.807, 2.05) is 48.0 Å². The van der Waals surface area contributed by atoms with Gasteiger partial charge in [-0.1, -0.05) is 23.9 Å². The lowest BCUT2D eigenvalue weighted by atomic mass is 10.2. The number of pyridine rings is 1. The Morgan fingerprint density at radius 1 is 1.30 bits per heavy atom. The summed E-state index contributed by atoms with van der Waals surface area (Å²) in [6.45, 7) is 2.08. The monoisotopic (exact) mass is 396 g/mol. The number of fused-ring (bicyclic) bond motifs is 1. The third kappa shape index (κ3) is 3.83. The number of amides is 1. The molecule has 1 aromatic carbocycles. The molecule has 3 heterocycles. The number of anilines is 1. The standard InChI is InChI=1S/C18H16N6OS2/c1-11(26-18-23-20-10-24(18)2)12-7-8-19-15(9-12)22-16(25)17-21-13-5-3-4-6-14(13)27-17/h3-11H,1-2H3,(H,19,22,25)/t11-/m0/s1. The maximum atomic E-state index is 12.5. The van der Waals surface area contributed by atoms with Crippen LogP contribution in [0.5, 0.6) is 0 Å². The lowest BCUT2D eigenvalue weighted by Crippen LogP contribution is -2.12. The van der Waals surface area contributed by atoms with Gasteiger partial charge in [-0.2, -0.15) is 0 Å². The van der Waals surface area contributed by atoms with Gasteiger partial charge in [0, 0.05) is 18.5 Å². The second kappa shape index (κ2) is 7.45. The van der Waals surface area contributed by atoms with Gasteiger partial charge < -0.3 is 9.88 Å². The number of carbonyl (C=O) groups excluding carboxylic acids is 1. The van der Waals surface area contributed by atoms with E-state index < -0.39 is 0 Å². The van der Waals surface area contributed by atoms with E-state index >= 15 is 0 Å². The van der Waals surface area contributed by atoms with Crippen molar-refractivity contribution in [3.63, 3.8) is 0 Å². The summed E-state index contributed by atoms with van der Waals surface area (Å²) in [6, 6.07) is 11.5. The number of thiazole rings is 1. The lowest BCUT2D eigenvalue weighted by molar-refractivity contribution is 0.102. The molecule has 0 bridgehead atoms. The number of nitrogens with one attached hydrogen (secondary N) is 1. The van der Waals surface area contributed by atoms with Crippen molar-refractivity contribution in [2.45, 2.75) is 17.3 Å². The fourth-order valence-corrected chi connectivity index (χ4v) is 4.28. The molecule has 1 atom stereocenters.